The molecule has 3 aromatic carbocycles. The quantitative estimate of drug-likeness (QED) is 0.0816. The molecule has 15 aliphatic carbocycles. The van der Waals surface area contributed by atoms with Gasteiger partial charge in [0.05, 0.1) is 6.61 Å². The molecule has 0 N–H and O–H groups in total. The summed E-state index contributed by atoms with van der Waals surface area (Å²) in [6, 6.07) is 17.2. The highest BCUT2D eigenvalue weighted by molar-refractivity contribution is 6.26. The molecule has 2 heteroatoms. The summed E-state index contributed by atoms with van der Waals surface area (Å²) in [7, 11) is 0. The smallest absolute Gasteiger partial charge is 0.305 e. The molecule has 0 saturated heterocycles. The Morgan fingerprint density at radius 3 is 2.31 bits per heavy atom. The van der Waals surface area contributed by atoms with E-state index in [1.165, 1.54) is 68.1 Å². The second kappa shape index (κ2) is 11.1. The predicted octanol–water partition coefficient (Wildman–Crippen LogP) is 14.1. The fourth-order valence-corrected chi connectivity index (χ4v) is 20.4. The third kappa shape index (κ3) is 3.22. The van der Waals surface area contributed by atoms with Crippen LogP contribution in [0.1, 0.15) is 141 Å². The largest absolute Gasteiger partial charge is 0.466 e. The molecule has 11 unspecified atom stereocenters. The monoisotopic (exact) mass is 842 g/mol. The standard InChI is InChI=1S/C63H54O2/c1-2-3-4-5-6-7-8-9-10-14-30-65-42(64)18-15-29-61(31-16-12-11-13-17-31)62-57-40-27-25-38-36-23-21-34-32-19-20-33-35-22-24-37-39-26-28-41(40)58(62)50(39)54-48(37)46(35)52-44(33)43(32)51-45(34)47(36)53(49(38)57)59-55(51)56(52)60(54)63(59,61)62/h11-13,16-17,19-28,32-33,43-44,47,49,57-58H,2-10,14-15,18,29-30H2,1H3. The number of hydrogen-bond acceptors (Lipinski definition) is 2. The maximum absolute atomic E-state index is 13.9. The van der Waals surface area contributed by atoms with Crippen LogP contribution in [0, 0.1) is 40.9 Å². The Kier molecular flexibility index (Phi) is 6.00. The third-order valence-corrected chi connectivity index (χ3v) is 21.5. The van der Waals surface area contributed by atoms with Crippen molar-refractivity contribution in [3.05, 3.63) is 180 Å². The van der Waals surface area contributed by atoms with E-state index in [1.54, 1.807) is 88.7 Å². The number of hydrogen-bond donors (Lipinski definition) is 0. The lowest BCUT2D eigenvalue weighted by Gasteiger charge is -2.48. The van der Waals surface area contributed by atoms with Gasteiger partial charge in [-0.3, -0.25) is 4.79 Å². The lowest BCUT2D eigenvalue weighted by Crippen LogP contribution is -2.43. The van der Waals surface area contributed by atoms with Crippen molar-refractivity contribution >= 4 is 33.5 Å². The Morgan fingerprint density at radius 1 is 0.677 bits per heavy atom. The van der Waals surface area contributed by atoms with Crippen LogP contribution in [0.2, 0.25) is 0 Å². The third-order valence-electron chi connectivity index (χ3n) is 21.5. The molecule has 0 radical (unpaired) electrons. The Hall–Kier alpha value is -5.21. The molecule has 0 amide bonds. The summed E-state index contributed by atoms with van der Waals surface area (Å²) in [5, 5.41) is 3.26. The number of allylic oxidation sites excluding steroid dienone is 20. The average Bonchev–Trinajstić information content (AvgIpc) is 3.99. The zero-order chi connectivity index (χ0) is 42.0. The van der Waals surface area contributed by atoms with Gasteiger partial charge in [0, 0.05) is 70.0 Å². The van der Waals surface area contributed by atoms with Crippen LogP contribution >= 0.6 is 0 Å². The van der Waals surface area contributed by atoms with Gasteiger partial charge in [-0.15, -0.1) is 0 Å². The topological polar surface area (TPSA) is 26.3 Å². The Labute approximate surface area is 382 Å². The van der Waals surface area contributed by atoms with Crippen LogP contribution < -0.4 is 0 Å². The molecule has 0 heterocycles. The summed E-state index contributed by atoms with van der Waals surface area (Å²) in [5.74, 6) is 3.47. The number of carbonyl (C=O) groups excluding carboxylic acids is 1. The van der Waals surface area contributed by atoms with Gasteiger partial charge >= 0.3 is 5.97 Å². The molecule has 0 bridgehead atoms. The first-order chi connectivity index (χ1) is 32.2. The highest BCUT2D eigenvalue weighted by Crippen LogP contribution is 3.02. The first kappa shape index (κ1) is 35.0. The van der Waals surface area contributed by atoms with Gasteiger partial charge in [0.15, 0.2) is 0 Å². The molecule has 2 nitrogen and oxygen atoms in total. The second-order valence-corrected chi connectivity index (χ2v) is 23.1. The van der Waals surface area contributed by atoms with Gasteiger partial charge in [-0.05, 0) is 136 Å². The molecule has 318 valence electrons. The minimum absolute atomic E-state index is 0.0145. The van der Waals surface area contributed by atoms with Crippen LogP contribution in [0.25, 0.3) is 27.5 Å². The Morgan fingerprint density at radius 2 is 1.45 bits per heavy atom. The predicted molar refractivity (Wildman–Crippen MR) is 258 cm³/mol. The van der Waals surface area contributed by atoms with E-state index in [0.717, 1.165) is 25.7 Å². The Balaban J connectivity index is 0.831. The van der Waals surface area contributed by atoms with Crippen molar-refractivity contribution in [1.29, 1.82) is 0 Å². The Bertz CT molecular complexity index is 3320. The number of fused-ring (bicyclic) bond motifs is 3. The second-order valence-electron chi connectivity index (χ2n) is 23.1. The normalized spacial score (nSPS) is 37.2. The van der Waals surface area contributed by atoms with Gasteiger partial charge in [-0.1, -0.05) is 156 Å². The van der Waals surface area contributed by atoms with E-state index in [9.17, 15) is 4.79 Å². The van der Waals surface area contributed by atoms with Crippen molar-refractivity contribution in [3.8, 4) is 0 Å². The van der Waals surface area contributed by atoms with Crippen molar-refractivity contribution in [2.24, 2.45) is 40.9 Å². The minimum Gasteiger partial charge on any atom is -0.466 e. The molecule has 65 heavy (non-hydrogen) atoms. The highest BCUT2D eigenvalue weighted by atomic mass is 16.5. The van der Waals surface area contributed by atoms with Crippen molar-refractivity contribution in [1.82, 2.24) is 0 Å². The van der Waals surface area contributed by atoms with Crippen molar-refractivity contribution in [3.63, 3.8) is 0 Å². The molecule has 1 saturated carbocycles. The minimum atomic E-state index is -0.152. The van der Waals surface area contributed by atoms with E-state index in [2.05, 4.69) is 98.0 Å². The van der Waals surface area contributed by atoms with Crippen molar-refractivity contribution in [2.45, 2.75) is 113 Å². The first-order valence-electron chi connectivity index (χ1n) is 26.3. The summed E-state index contributed by atoms with van der Waals surface area (Å²) < 4.78 is 6.11. The summed E-state index contributed by atoms with van der Waals surface area (Å²) in [6.45, 7) is 2.86. The van der Waals surface area contributed by atoms with Gasteiger partial charge in [0.2, 0.25) is 0 Å². The SMILES string of the molecule is CCCCCCCCCCCCOC(=O)CCCC1(c2ccccc2)C23C4=C5C6C7=C8C=CC9=C%10C=CC%11=C(c%12c2c2c%13c%14c(ccc%11c%12%14)C%11C=CC%12C(=C6C(=C42)C%12C%13%11)C=C7)C%10C13C9C85. The van der Waals surface area contributed by atoms with E-state index in [4.69, 9.17) is 4.74 Å². The summed E-state index contributed by atoms with van der Waals surface area (Å²) in [4.78, 5) is 13.9. The van der Waals surface area contributed by atoms with Crippen molar-refractivity contribution in [2.75, 3.05) is 6.61 Å². The fraction of sp³-hybridized carbons (Fsp3) is 0.413. The molecule has 15 aliphatic rings. The number of unbranched alkanes of at least 4 members (excludes halogenated alkanes) is 9. The molecule has 0 aromatic heterocycles. The van der Waals surface area contributed by atoms with E-state index in [-0.39, 0.29) is 22.2 Å². The van der Waals surface area contributed by atoms with E-state index in [1.807, 2.05) is 11.1 Å². The van der Waals surface area contributed by atoms with E-state index >= 15 is 0 Å². The summed E-state index contributed by atoms with van der Waals surface area (Å²) in [6.07, 6.45) is 36.3. The summed E-state index contributed by atoms with van der Waals surface area (Å²) >= 11 is 0. The van der Waals surface area contributed by atoms with Crippen LogP contribution in [0.15, 0.2) is 141 Å². The molecule has 3 aromatic rings. The number of carbonyl (C=O) groups is 1. The number of benzene rings is 3. The van der Waals surface area contributed by atoms with Crippen LogP contribution in [0.5, 0.6) is 0 Å². The molecule has 0 aliphatic heterocycles. The van der Waals surface area contributed by atoms with Gasteiger partial charge in [-0.2, -0.15) is 0 Å². The first-order valence-corrected chi connectivity index (χ1v) is 26.3. The zero-order valence-corrected chi connectivity index (χ0v) is 37.5. The van der Waals surface area contributed by atoms with Gasteiger partial charge in [0.1, 0.15) is 0 Å². The van der Waals surface area contributed by atoms with E-state index < -0.39 is 0 Å². The van der Waals surface area contributed by atoms with Gasteiger partial charge < -0.3 is 4.74 Å². The lowest BCUT2D eigenvalue weighted by atomic mass is 9.53. The molecule has 2 spiro atoms. The van der Waals surface area contributed by atoms with Crippen LogP contribution in [-0.4, -0.2) is 12.6 Å². The highest BCUT2D eigenvalue weighted by Gasteiger charge is 2.99. The maximum Gasteiger partial charge on any atom is 0.305 e. The lowest BCUT2D eigenvalue weighted by molar-refractivity contribution is -0.143. The van der Waals surface area contributed by atoms with Crippen LogP contribution in [0.3, 0.4) is 0 Å². The molecule has 1 fully saturated rings. The number of rotatable bonds is 16. The summed E-state index contributed by atoms with van der Waals surface area (Å²) in [5.41, 5.74) is 31.5. The zero-order valence-electron chi connectivity index (χ0n) is 37.5. The van der Waals surface area contributed by atoms with Crippen LogP contribution in [-0.2, 0) is 20.4 Å². The van der Waals surface area contributed by atoms with Crippen LogP contribution in [0.4, 0.5) is 0 Å². The molecule has 18 rings (SSSR count). The number of ether oxygens (including phenoxy) is 1. The van der Waals surface area contributed by atoms with Gasteiger partial charge in [0.25, 0.3) is 0 Å². The van der Waals surface area contributed by atoms with Crippen molar-refractivity contribution < 1.29 is 9.53 Å². The average molecular weight is 843 g/mol. The maximum atomic E-state index is 13.9. The fourth-order valence-electron chi connectivity index (χ4n) is 20.4. The van der Waals surface area contributed by atoms with Gasteiger partial charge in [-0.25, -0.2) is 0 Å². The molecular weight excluding hydrogens is 789 g/mol. The molecule has 11 atom stereocenters. The molecular formula is C63H54O2. The number of esters is 1. The van der Waals surface area contributed by atoms with E-state index in [0.29, 0.717) is 60.4 Å².